The van der Waals surface area contributed by atoms with Crippen LogP contribution in [0, 0.1) is 0 Å². The Morgan fingerprint density at radius 1 is 1.14 bits per heavy atom. The molecule has 118 valence electrons. The monoisotopic (exact) mass is 303 g/mol. The first kappa shape index (κ1) is 16.1. The van der Waals surface area contributed by atoms with E-state index in [0.29, 0.717) is 31.2 Å². The number of nitrogens with zero attached hydrogens (tertiary/aromatic N) is 1. The molecule has 3 nitrogen and oxygen atoms in total. The fourth-order valence-corrected chi connectivity index (χ4v) is 2.86. The van der Waals surface area contributed by atoms with E-state index >= 15 is 0 Å². The van der Waals surface area contributed by atoms with Crippen LogP contribution < -0.4 is 0 Å². The first-order valence-corrected chi connectivity index (χ1v) is 7.10. The molecule has 0 unspecified atom stereocenters. The topological polar surface area (TPSA) is 43.7 Å². The van der Waals surface area contributed by atoms with Crippen molar-refractivity contribution in [3.63, 3.8) is 0 Å². The molecule has 0 bridgehead atoms. The number of phenols is 1. The van der Waals surface area contributed by atoms with Gasteiger partial charge in [-0.25, -0.2) is 0 Å². The van der Waals surface area contributed by atoms with E-state index in [4.69, 9.17) is 0 Å². The van der Waals surface area contributed by atoms with E-state index in [9.17, 15) is 23.4 Å². The smallest absolute Gasteiger partial charge is 0.401 e. The second kappa shape index (κ2) is 6.66. The van der Waals surface area contributed by atoms with Crippen LogP contribution in [-0.2, 0) is 6.54 Å². The fourth-order valence-electron chi connectivity index (χ4n) is 2.86. The maximum absolute atomic E-state index is 12.8. The highest BCUT2D eigenvalue weighted by Gasteiger charge is 2.35. The Morgan fingerprint density at radius 2 is 1.81 bits per heavy atom. The molecule has 0 saturated heterocycles. The molecule has 0 aromatic heterocycles. The molecule has 0 heterocycles. The molecule has 0 spiro atoms. The number of phenolic OH excluding ortho intramolecular Hbond substituents is 1. The Labute approximate surface area is 122 Å². The summed E-state index contributed by atoms with van der Waals surface area (Å²) < 4.78 is 38.3. The SMILES string of the molecule is Oc1cccc(CN(CC(F)(F)F)C2CCC(O)CC2)c1. The maximum Gasteiger partial charge on any atom is 0.401 e. The van der Waals surface area contributed by atoms with E-state index in [-0.39, 0.29) is 18.3 Å². The predicted molar refractivity (Wildman–Crippen MR) is 72.8 cm³/mol. The molecule has 1 saturated carbocycles. The lowest BCUT2D eigenvalue weighted by Crippen LogP contribution is -2.43. The number of hydrogen-bond donors (Lipinski definition) is 2. The molecule has 6 heteroatoms. The van der Waals surface area contributed by atoms with Crippen molar-refractivity contribution in [2.75, 3.05) is 6.54 Å². The number of alkyl halides is 3. The summed E-state index contributed by atoms with van der Waals surface area (Å²) in [5.41, 5.74) is 0.658. The number of rotatable bonds is 4. The van der Waals surface area contributed by atoms with Gasteiger partial charge in [0.05, 0.1) is 12.6 Å². The molecule has 2 rings (SSSR count). The molecule has 1 aliphatic rings. The first-order chi connectivity index (χ1) is 9.83. The van der Waals surface area contributed by atoms with Crippen molar-refractivity contribution < 1.29 is 23.4 Å². The second-order valence-electron chi connectivity index (χ2n) is 5.65. The Kier molecular flexibility index (Phi) is 5.11. The van der Waals surface area contributed by atoms with Gasteiger partial charge in [-0.05, 0) is 43.4 Å². The van der Waals surface area contributed by atoms with Crippen molar-refractivity contribution >= 4 is 0 Å². The molecule has 2 N–H and O–H groups in total. The van der Waals surface area contributed by atoms with E-state index < -0.39 is 18.8 Å². The zero-order chi connectivity index (χ0) is 15.5. The first-order valence-electron chi connectivity index (χ1n) is 7.10. The maximum atomic E-state index is 12.8. The van der Waals surface area contributed by atoms with Gasteiger partial charge in [0.25, 0.3) is 0 Å². The van der Waals surface area contributed by atoms with Gasteiger partial charge in [-0.15, -0.1) is 0 Å². The summed E-state index contributed by atoms with van der Waals surface area (Å²) in [6, 6.07) is 6.13. The lowest BCUT2D eigenvalue weighted by Gasteiger charge is -2.36. The third-order valence-electron chi connectivity index (χ3n) is 3.86. The normalized spacial score (nSPS) is 23.5. The molecule has 1 aromatic carbocycles. The zero-order valence-corrected chi connectivity index (χ0v) is 11.7. The molecule has 0 atom stereocenters. The van der Waals surface area contributed by atoms with Crippen LogP contribution in [0.1, 0.15) is 31.2 Å². The lowest BCUT2D eigenvalue weighted by atomic mass is 9.91. The van der Waals surface area contributed by atoms with Crippen LogP contribution in [0.25, 0.3) is 0 Å². The van der Waals surface area contributed by atoms with Gasteiger partial charge in [0.1, 0.15) is 5.75 Å². The third-order valence-corrected chi connectivity index (χ3v) is 3.86. The van der Waals surface area contributed by atoms with Gasteiger partial charge in [-0.2, -0.15) is 13.2 Å². The van der Waals surface area contributed by atoms with Crippen LogP contribution in [0.4, 0.5) is 13.2 Å². The highest BCUT2D eigenvalue weighted by atomic mass is 19.4. The minimum Gasteiger partial charge on any atom is -0.508 e. The van der Waals surface area contributed by atoms with Crippen molar-refractivity contribution in [3.05, 3.63) is 29.8 Å². The standard InChI is InChI=1S/C15H20F3NO2/c16-15(17,18)10-19(12-4-6-13(20)7-5-12)9-11-2-1-3-14(21)8-11/h1-3,8,12-13,20-21H,4-7,9-10H2. The summed E-state index contributed by atoms with van der Waals surface area (Å²) >= 11 is 0. The molecule has 1 aliphatic carbocycles. The van der Waals surface area contributed by atoms with Crippen LogP contribution >= 0.6 is 0 Å². The van der Waals surface area contributed by atoms with Gasteiger partial charge < -0.3 is 10.2 Å². The molecular formula is C15H20F3NO2. The quantitative estimate of drug-likeness (QED) is 0.898. The highest BCUT2D eigenvalue weighted by Crippen LogP contribution is 2.28. The largest absolute Gasteiger partial charge is 0.508 e. The molecule has 0 aliphatic heterocycles. The average molecular weight is 303 g/mol. The van der Waals surface area contributed by atoms with E-state index in [1.807, 2.05) is 0 Å². The highest BCUT2D eigenvalue weighted by molar-refractivity contribution is 5.27. The van der Waals surface area contributed by atoms with Gasteiger partial charge in [0, 0.05) is 12.6 Å². The van der Waals surface area contributed by atoms with Crippen LogP contribution in [0.15, 0.2) is 24.3 Å². The summed E-state index contributed by atoms with van der Waals surface area (Å²) in [5.74, 6) is 0.0542. The van der Waals surface area contributed by atoms with Crippen molar-refractivity contribution in [2.24, 2.45) is 0 Å². The van der Waals surface area contributed by atoms with Crippen LogP contribution in [-0.4, -0.2) is 40.0 Å². The van der Waals surface area contributed by atoms with Crippen LogP contribution in [0.2, 0.25) is 0 Å². The third kappa shape index (κ3) is 5.21. The van der Waals surface area contributed by atoms with Gasteiger partial charge >= 0.3 is 6.18 Å². The second-order valence-corrected chi connectivity index (χ2v) is 5.65. The molecule has 21 heavy (non-hydrogen) atoms. The van der Waals surface area contributed by atoms with Gasteiger partial charge in [0.15, 0.2) is 0 Å². The van der Waals surface area contributed by atoms with Gasteiger partial charge in [-0.3, -0.25) is 4.90 Å². The number of aliphatic hydroxyl groups is 1. The zero-order valence-electron chi connectivity index (χ0n) is 11.7. The summed E-state index contributed by atoms with van der Waals surface area (Å²) in [4.78, 5) is 1.40. The van der Waals surface area contributed by atoms with Crippen molar-refractivity contribution in [1.29, 1.82) is 0 Å². The fraction of sp³-hybridized carbons (Fsp3) is 0.600. The van der Waals surface area contributed by atoms with Crippen molar-refractivity contribution in [2.45, 2.75) is 50.6 Å². The van der Waals surface area contributed by atoms with Crippen LogP contribution in [0.5, 0.6) is 5.75 Å². The van der Waals surface area contributed by atoms with E-state index in [2.05, 4.69) is 0 Å². The summed E-state index contributed by atoms with van der Waals surface area (Å²) in [7, 11) is 0. The molecule has 0 amide bonds. The van der Waals surface area contributed by atoms with E-state index in [1.54, 1.807) is 12.1 Å². The molecule has 1 fully saturated rings. The predicted octanol–water partition coefficient (Wildman–Crippen LogP) is 3.06. The number of benzene rings is 1. The lowest BCUT2D eigenvalue weighted by molar-refractivity contribution is -0.154. The molecular weight excluding hydrogens is 283 g/mol. The van der Waals surface area contributed by atoms with Gasteiger partial charge in [0.2, 0.25) is 0 Å². The Hall–Kier alpha value is -1.27. The van der Waals surface area contributed by atoms with Gasteiger partial charge in [-0.1, -0.05) is 12.1 Å². The molecule has 1 aromatic rings. The van der Waals surface area contributed by atoms with E-state index in [1.165, 1.54) is 17.0 Å². The minimum atomic E-state index is -4.26. The summed E-state index contributed by atoms with van der Waals surface area (Å²) in [5, 5.41) is 18.9. The number of aliphatic hydroxyl groups excluding tert-OH is 1. The average Bonchev–Trinajstić information content (AvgIpc) is 2.37. The Balaban J connectivity index is 2.08. The van der Waals surface area contributed by atoms with Crippen LogP contribution in [0.3, 0.4) is 0 Å². The Morgan fingerprint density at radius 3 is 2.38 bits per heavy atom. The van der Waals surface area contributed by atoms with E-state index in [0.717, 1.165) is 0 Å². The van der Waals surface area contributed by atoms with Crippen molar-refractivity contribution in [3.8, 4) is 5.75 Å². The number of halogens is 3. The number of aromatic hydroxyl groups is 1. The minimum absolute atomic E-state index is 0.0542. The Bertz CT molecular complexity index is 456. The van der Waals surface area contributed by atoms with Crippen molar-refractivity contribution in [1.82, 2.24) is 4.90 Å². The summed E-state index contributed by atoms with van der Waals surface area (Å²) in [6.07, 6.45) is -2.44. The molecule has 0 radical (unpaired) electrons. The number of hydrogen-bond acceptors (Lipinski definition) is 3. The summed E-state index contributed by atoms with van der Waals surface area (Å²) in [6.45, 7) is -0.821.